The van der Waals surface area contributed by atoms with Crippen LogP contribution in [0.4, 0.5) is 13.2 Å². The second-order valence-corrected chi connectivity index (χ2v) is 34.3. The third-order valence-corrected chi connectivity index (χ3v) is 23.2. The van der Waals surface area contributed by atoms with E-state index in [9.17, 15) is 73.2 Å². The first-order valence-electron chi connectivity index (χ1n) is 42.3. The maximum absolute atomic E-state index is 14.2. The number of alkyl halides is 3. The molecule has 8 aromatic rings. The Morgan fingerprint density at radius 3 is 1.22 bits per heavy atom. The standard InChI is InChI=1S/C44H56N6O7S.C40H45F3N6O5S.C10H15NO6/c1-56-23-24-57-22-21-42(52)48-29-33-13-15-35(16-14-33)31-58(54,55)50-40(12-6-9-32-7-3-2-4-8-32)41(51)27-39(26-36-10-5-11-37(25-36)28-45)44(53)49-30-34-17-19-38(20-18-34)43(46)47;41-40(42,43)39(52)48-25-32-10-4-9-31(20-32)21-34(38(51)47-24-29-16-18-33(19-17-29)37(45)46)22-36(50)35(11-5-8-27-6-2-1-3-7-27)49-55(53,54)26-30-14-12-28(23-44)13-15-30;1-15-6-7-16-5-4-10(14)17-11-8(12)2-3-9(11)13/h2-5,7-8,10-11,13-20,25,39-40,50H,6,9,12,21-24,26-31,45H2,1H3,(H3,46,47)(H,48,52)(H,49,53);1-4,6-7,9-10,12-20,34-35,49H,5,8,11,21-26,44H2,(H3,45,46)(H,47,51)(H,48,52);2-7H2,1H3/t39-,40-;34-,35-;/m11./s1. The predicted molar refractivity (Wildman–Crippen MR) is 483 cm³/mol. The highest BCUT2D eigenvalue weighted by Gasteiger charge is 2.39. The van der Waals surface area contributed by atoms with Crippen LogP contribution in [0.5, 0.6) is 0 Å². The number of benzene rings is 8. The Kier molecular flexibility index (Phi) is 44.4. The lowest BCUT2D eigenvalue weighted by Gasteiger charge is -2.22. The van der Waals surface area contributed by atoms with Crippen molar-refractivity contribution in [2.45, 2.75) is 159 Å². The maximum Gasteiger partial charge on any atom is 0.471 e. The molecule has 36 heteroatoms. The number of ketones is 2. The van der Waals surface area contributed by atoms with E-state index < -0.39 is 92.1 Å². The van der Waals surface area contributed by atoms with E-state index in [2.05, 4.69) is 30.2 Å². The number of hydrogen-bond donors (Lipinski definition) is 12. The minimum Gasteiger partial charge on any atom is -0.384 e. The SMILES string of the molecule is COCCOCCC(=O)NCc1ccc(CS(=O)(=O)N[C@H](CCCc2ccccc2)C(=O)C[C@@H](Cc2cccc(CN)c2)C(=O)NCc2ccc(C(=N)N)cc2)cc1.COCCOCCC(=O)ON1C(=O)CCC1=O.N=C(N)c1ccc(CNC(=O)[C@@H](CC(=O)[C@@H](CCCc2ccccc2)NS(=O)(=O)Cc2ccc(CN)cc2)Cc2cccc(CNC(=O)C(F)(F)F)c2)cc1. The molecule has 0 unspecified atom stereocenters. The predicted octanol–water partition coefficient (Wildman–Crippen LogP) is 8.24. The van der Waals surface area contributed by atoms with E-state index in [1.54, 1.807) is 123 Å². The van der Waals surface area contributed by atoms with Gasteiger partial charge in [0.2, 0.25) is 37.8 Å². The van der Waals surface area contributed by atoms with Crippen LogP contribution in [0.3, 0.4) is 0 Å². The number of sulfonamides is 2. The molecule has 31 nitrogen and oxygen atoms in total. The number of nitrogens with zero attached hydrogens (tertiary/aromatic N) is 1. The fourth-order valence-electron chi connectivity index (χ4n) is 13.4. The van der Waals surface area contributed by atoms with Crippen LogP contribution in [0.25, 0.3) is 0 Å². The van der Waals surface area contributed by atoms with Gasteiger partial charge in [-0.25, -0.2) is 31.1 Å². The van der Waals surface area contributed by atoms with Crippen molar-refractivity contribution in [3.8, 4) is 0 Å². The Bertz CT molecular complexity index is 5230. The number of carbonyl (C=O) groups is 9. The number of methoxy groups -OCH3 is 2. The molecule has 1 aliphatic rings. The zero-order valence-corrected chi connectivity index (χ0v) is 74.4. The van der Waals surface area contributed by atoms with Crippen LogP contribution < -0.4 is 53.6 Å². The molecule has 1 saturated heterocycles. The topological polar surface area (TPSA) is 495 Å². The van der Waals surface area contributed by atoms with Gasteiger partial charge in [0, 0.05) is 109 Å². The van der Waals surface area contributed by atoms with Crippen LogP contribution in [-0.2, 0) is 163 Å². The minimum absolute atomic E-state index is 0.0131. The lowest BCUT2D eigenvalue weighted by molar-refractivity contribution is -0.198. The summed E-state index contributed by atoms with van der Waals surface area (Å²) in [5.41, 5.74) is 32.5. The Labute approximate surface area is 755 Å². The molecule has 0 bridgehead atoms. The first kappa shape index (κ1) is 105. The molecular formula is C94H116F3N13O18S2. The van der Waals surface area contributed by atoms with Gasteiger partial charge in [-0.3, -0.25) is 49.2 Å². The van der Waals surface area contributed by atoms with Gasteiger partial charge in [-0.15, -0.1) is 5.06 Å². The van der Waals surface area contributed by atoms with Crippen molar-refractivity contribution in [1.29, 1.82) is 10.8 Å². The summed E-state index contributed by atoms with van der Waals surface area (Å²) in [5.74, 6) is -8.35. The normalized spacial score (nSPS) is 12.9. The number of rotatable bonds is 53. The van der Waals surface area contributed by atoms with Gasteiger partial charge in [0.15, 0.2) is 11.6 Å². The van der Waals surface area contributed by atoms with Gasteiger partial charge < -0.3 is 68.0 Å². The minimum atomic E-state index is -5.05. The fourth-order valence-corrected chi connectivity index (χ4v) is 16.2. The Balaban J connectivity index is 0.000000301. The van der Waals surface area contributed by atoms with Gasteiger partial charge >= 0.3 is 18.1 Å². The number of imide groups is 1. The van der Waals surface area contributed by atoms with E-state index in [4.69, 9.17) is 52.7 Å². The van der Waals surface area contributed by atoms with Gasteiger partial charge in [-0.1, -0.05) is 206 Å². The first-order valence-corrected chi connectivity index (χ1v) is 45.6. The van der Waals surface area contributed by atoms with Crippen LogP contribution in [0.2, 0.25) is 0 Å². The van der Waals surface area contributed by atoms with Gasteiger partial charge in [-0.2, -0.15) is 13.2 Å². The van der Waals surface area contributed by atoms with Crippen LogP contribution in [-0.4, -0.2) is 159 Å². The lowest BCUT2D eigenvalue weighted by Crippen LogP contribution is -2.43. The molecule has 1 aliphatic heterocycles. The molecule has 0 radical (unpaired) electrons. The van der Waals surface area contributed by atoms with E-state index in [0.717, 1.165) is 38.9 Å². The van der Waals surface area contributed by atoms with E-state index in [0.29, 0.717) is 109 Å². The second kappa shape index (κ2) is 55.0. The molecule has 698 valence electrons. The Morgan fingerprint density at radius 1 is 0.438 bits per heavy atom. The monoisotopic (exact) mass is 1840 g/mol. The molecule has 0 aliphatic carbocycles. The quantitative estimate of drug-likeness (QED) is 0.00738. The number of halogens is 3. The molecule has 4 atom stereocenters. The average Bonchev–Trinajstić information content (AvgIpc) is 1.22. The number of nitrogen functional groups attached to an aromatic ring is 2. The Morgan fingerprint density at radius 2 is 0.808 bits per heavy atom. The van der Waals surface area contributed by atoms with Gasteiger partial charge in [-0.05, 0) is 118 Å². The van der Waals surface area contributed by atoms with Crippen LogP contribution >= 0.6 is 0 Å². The van der Waals surface area contributed by atoms with Gasteiger partial charge in [0.05, 0.1) is 69.7 Å². The van der Waals surface area contributed by atoms with Crippen LogP contribution in [0.1, 0.15) is 142 Å². The van der Waals surface area contributed by atoms with Crippen LogP contribution in [0, 0.1) is 22.7 Å². The summed E-state index contributed by atoms with van der Waals surface area (Å²) in [5, 5.41) is 26.2. The summed E-state index contributed by atoms with van der Waals surface area (Å²) >= 11 is 0. The number of hydroxylamine groups is 2. The molecule has 1 fully saturated rings. The van der Waals surface area contributed by atoms with Gasteiger partial charge in [0.25, 0.3) is 11.8 Å². The molecule has 8 aromatic carbocycles. The summed E-state index contributed by atoms with van der Waals surface area (Å²) < 4.78 is 118. The zero-order chi connectivity index (χ0) is 94.4. The van der Waals surface area contributed by atoms with E-state index in [1.807, 2.05) is 90.2 Å². The lowest BCUT2D eigenvalue weighted by atomic mass is 9.89. The third-order valence-electron chi connectivity index (χ3n) is 20.5. The molecule has 0 aromatic heterocycles. The van der Waals surface area contributed by atoms with Crippen molar-refractivity contribution in [2.75, 3.05) is 53.9 Å². The zero-order valence-electron chi connectivity index (χ0n) is 72.8. The molecular weight excluding hydrogens is 1720 g/mol. The van der Waals surface area contributed by atoms with Crippen molar-refractivity contribution < 1.29 is 96.9 Å². The van der Waals surface area contributed by atoms with E-state index >= 15 is 0 Å². The number of carbonyl (C=O) groups excluding carboxylic acids is 9. The maximum atomic E-state index is 14.2. The molecule has 1 heterocycles. The molecule has 0 saturated carbocycles. The Hall–Kier alpha value is -12.1. The van der Waals surface area contributed by atoms with Gasteiger partial charge in [0.1, 0.15) is 11.7 Å². The number of ether oxygens (including phenoxy) is 4. The highest BCUT2D eigenvalue weighted by Crippen LogP contribution is 2.25. The van der Waals surface area contributed by atoms with Crippen molar-refractivity contribution in [3.63, 3.8) is 0 Å². The number of Topliss-reactive ketones (excluding diaryl/α,β-unsaturated/α-hetero) is 2. The average molecular weight is 1840 g/mol. The summed E-state index contributed by atoms with van der Waals surface area (Å²) in [6.45, 7) is 2.86. The van der Waals surface area contributed by atoms with Crippen molar-refractivity contribution >= 4 is 84.7 Å². The molecule has 0 spiro atoms. The summed E-state index contributed by atoms with van der Waals surface area (Å²) in [7, 11) is -4.92. The molecule has 16 N–H and O–H groups in total. The van der Waals surface area contributed by atoms with Crippen molar-refractivity contribution in [3.05, 3.63) is 284 Å². The smallest absolute Gasteiger partial charge is 0.384 e. The molecule has 130 heavy (non-hydrogen) atoms. The van der Waals surface area contributed by atoms with E-state index in [1.165, 1.54) is 12.1 Å². The first-order chi connectivity index (χ1) is 62.2. The number of amides is 6. The third kappa shape index (κ3) is 39.5. The summed E-state index contributed by atoms with van der Waals surface area (Å²) in [6.07, 6.45) is -2.37. The number of aryl methyl sites for hydroxylation is 2. The van der Waals surface area contributed by atoms with Crippen LogP contribution in [0.15, 0.2) is 206 Å². The van der Waals surface area contributed by atoms with Crippen molar-refractivity contribution in [2.24, 2.45) is 34.8 Å². The summed E-state index contributed by atoms with van der Waals surface area (Å²) in [4.78, 5) is 118. The number of amidine groups is 2. The fraction of sp³-hybridized carbons (Fsp3) is 0.372. The number of hydrogen-bond acceptors (Lipinski definition) is 22. The second-order valence-electron chi connectivity index (χ2n) is 30.8. The van der Waals surface area contributed by atoms with E-state index in [-0.39, 0.29) is 138 Å². The number of nitrogens with one attached hydrogen (secondary N) is 8. The molecule has 9 rings (SSSR count). The highest BCUT2D eigenvalue weighted by atomic mass is 32.2. The number of nitrogens with two attached hydrogens (primary N) is 4. The highest BCUT2D eigenvalue weighted by molar-refractivity contribution is 7.89. The molecule has 6 amide bonds. The van der Waals surface area contributed by atoms with Crippen molar-refractivity contribution in [1.82, 2.24) is 35.8 Å². The largest absolute Gasteiger partial charge is 0.471 e. The summed E-state index contributed by atoms with van der Waals surface area (Å²) in [6, 6.07) is 58.1.